The molecule has 1 rings (SSSR count). The average Bonchev–Trinajstić information content (AvgIpc) is 2.39. The van der Waals surface area contributed by atoms with Crippen LogP contribution in [0.5, 0.6) is 0 Å². The maximum atomic E-state index is 11.9. The van der Waals surface area contributed by atoms with Gasteiger partial charge in [0.15, 0.2) is 5.78 Å². The van der Waals surface area contributed by atoms with Crippen molar-refractivity contribution in [3.05, 3.63) is 33.3 Å². The standard InChI is InChI=1S/C15H21Cl2NO/c1-3-15(19)13-9-11(16)10-14(17)12(13)7-5-4-6-8-18-2/h9-10,18H,3-8H2,1-2H3. The van der Waals surface area contributed by atoms with Crippen LogP contribution >= 0.6 is 23.2 Å². The zero-order valence-corrected chi connectivity index (χ0v) is 13.1. The third-order valence-corrected chi connectivity index (χ3v) is 3.69. The van der Waals surface area contributed by atoms with E-state index in [0.717, 1.165) is 37.8 Å². The van der Waals surface area contributed by atoms with E-state index in [-0.39, 0.29) is 5.78 Å². The van der Waals surface area contributed by atoms with Crippen molar-refractivity contribution in [3.8, 4) is 0 Å². The number of hydrogen-bond donors (Lipinski definition) is 1. The smallest absolute Gasteiger partial charge is 0.162 e. The molecular weight excluding hydrogens is 281 g/mol. The van der Waals surface area contributed by atoms with Gasteiger partial charge in [-0.15, -0.1) is 0 Å². The molecule has 19 heavy (non-hydrogen) atoms. The van der Waals surface area contributed by atoms with Crippen LogP contribution in [0.1, 0.15) is 48.5 Å². The van der Waals surface area contributed by atoms with Crippen molar-refractivity contribution >= 4 is 29.0 Å². The van der Waals surface area contributed by atoms with E-state index in [0.29, 0.717) is 22.0 Å². The Morgan fingerprint density at radius 2 is 1.95 bits per heavy atom. The number of unbranched alkanes of at least 4 members (excludes halogenated alkanes) is 2. The third-order valence-electron chi connectivity index (χ3n) is 3.14. The molecule has 1 aromatic rings. The Balaban J connectivity index is 2.77. The van der Waals surface area contributed by atoms with Gasteiger partial charge < -0.3 is 5.32 Å². The Morgan fingerprint density at radius 3 is 2.58 bits per heavy atom. The average molecular weight is 302 g/mol. The molecule has 0 aliphatic carbocycles. The molecule has 1 N–H and O–H groups in total. The molecule has 106 valence electrons. The first-order valence-corrected chi connectivity index (χ1v) is 7.51. The zero-order chi connectivity index (χ0) is 14.3. The lowest BCUT2D eigenvalue weighted by atomic mass is 9.97. The molecular formula is C15H21Cl2NO. The van der Waals surface area contributed by atoms with E-state index in [4.69, 9.17) is 23.2 Å². The van der Waals surface area contributed by atoms with Gasteiger partial charge in [-0.1, -0.05) is 36.5 Å². The van der Waals surface area contributed by atoms with Crippen LogP contribution in [0, 0.1) is 0 Å². The molecule has 0 saturated carbocycles. The van der Waals surface area contributed by atoms with Crippen LogP contribution in [0.15, 0.2) is 12.1 Å². The van der Waals surface area contributed by atoms with Gasteiger partial charge in [0.25, 0.3) is 0 Å². The Kier molecular flexibility index (Phi) is 7.44. The van der Waals surface area contributed by atoms with Gasteiger partial charge in [0.2, 0.25) is 0 Å². The van der Waals surface area contributed by atoms with Crippen LogP contribution in [0.3, 0.4) is 0 Å². The quantitative estimate of drug-likeness (QED) is 0.565. The predicted molar refractivity (Wildman–Crippen MR) is 82.6 cm³/mol. The highest BCUT2D eigenvalue weighted by atomic mass is 35.5. The van der Waals surface area contributed by atoms with Crippen molar-refractivity contribution in [2.45, 2.75) is 39.0 Å². The van der Waals surface area contributed by atoms with Gasteiger partial charge in [-0.3, -0.25) is 4.79 Å². The monoisotopic (exact) mass is 301 g/mol. The van der Waals surface area contributed by atoms with Crippen molar-refractivity contribution in [3.63, 3.8) is 0 Å². The van der Waals surface area contributed by atoms with E-state index in [2.05, 4.69) is 5.32 Å². The van der Waals surface area contributed by atoms with Gasteiger partial charge in [0.05, 0.1) is 0 Å². The number of Topliss-reactive ketones (excluding diaryl/α,β-unsaturated/α-hetero) is 1. The fourth-order valence-corrected chi connectivity index (χ4v) is 2.67. The van der Waals surface area contributed by atoms with E-state index in [9.17, 15) is 4.79 Å². The Labute approximate surface area is 125 Å². The van der Waals surface area contributed by atoms with Crippen molar-refractivity contribution in [1.82, 2.24) is 5.32 Å². The minimum absolute atomic E-state index is 0.106. The van der Waals surface area contributed by atoms with Crippen LogP contribution in [-0.4, -0.2) is 19.4 Å². The lowest BCUT2D eigenvalue weighted by Gasteiger charge is -2.11. The third kappa shape index (κ3) is 5.13. The number of hydrogen-bond acceptors (Lipinski definition) is 2. The lowest BCUT2D eigenvalue weighted by Crippen LogP contribution is -2.07. The number of carbonyl (C=O) groups is 1. The van der Waals surface area contributed by atoms with Crippen molar-refractivity contribution < 1.29 is 4.79 Å². The van der Waals surface area contributed by atoms with Crippen molar-refractivity contribution in [1.29, 1.82) is 0 Å². The number of benzene rings is 1. The summed E-state index contributed by atoms with van der Waals surface area (Å²) in [4.78, 5) is 11.9. The van der Waals surface area contributed by atoms with Crippen LogP contribution < -0.4 is 5.32 Å². The maximum Gasteiger partial charge on any atom is 0.162 e. The summed E-state index contributed by atoms with van der Waals surface area (Å²) in [5, 5.41) is 4.26. The highest BCUT2D eigenvalue weighted by Crippen LogP contribution is 2.28. The molecule has 0 aliphatic heterocycles. The summed E-state index contributed by atoms with van der Waals surface area (Å²) in [7, 11) is 1.95. The summed E-state index contributed by atoms with van der Waals surface area (Å²) in [5.41, 5.74) is 1.64. The Bertz CT molecular complexity index is 432. The summed E-state index contributed by atoms with van der Waals surface area (Å²) in [6.45, 7) is 2.88. The van der Waals surface area contributed by atoms with Crippen LogP contribution in [-0.2, 0) is 6.42 Å². The second-order valence-corrected chi connectivity index (χ2v) is 5.45. The van der Waals surface area contributed by atoms with Gasteiger partial charge in [0, 0.05) is 22.0 Å². The number of ketones is 1. The van der Waals surface area contributed by atoms with Gasteiger partial charge >= 0.3 is 0 Å². The van der Waals surface area contributed by atoms with Gasteiger partial charge in [-0.05, 0) is 50.6 Å². The number of carbonyl (C=O) groups excluding carboxylic acids is 1. The van der Waals surface area contributed by atoms with E-state index < -0.39 is 0 Å². The fraction of sp³-hybridized carbons (Fsp3) is 0.533. The van der Waals surface area contributed by atoms with E-state index in [1.54, 1.807) is 12.1 Å². The SMILES string of the molecule is CCC(=O)c1cc(Cl)cc(Cl)c1CCCCCNC. The predicted octanol–water partition coefficient (Wildman–Crippen LogP) is 4.52. The first-order valence-electron chi connectivity index (χ1n) is 6.75. The molecule has 0 unspecified atom stereocenters. The number of nitrogens with one attached hydrogen (secondary N) is 1. The van der Waals surface area contributed by atoms with Crippen molar-refractivity contribution in [2.75, 3.05) is 13.6 Å². The summed E-state index contributed by atoms with van der Waals surface area (Å²) in [5.74, 6) is 0.106. The zero-order valence-electron chi connectivity index (χ0n) is 11.6. The molecule has 0 atom stereocenters. The summed E-state index contributed by atoms with van der Waals surface area (Å²) >= 11 is 12.2. The minimum atomic E-state index is 0.106. The van der Waals surface area contributed by atoms with Gasteiger partial charge in [-0.2, -0.15) is 0 Å². The normalized spacial score (nSPS) is 10.7. The minimum Gasteiger partial charge on any atom is -0.320 e. The first kappa shape index (κ1) is 16.5. The van der Waals surface area contributed by atoms with E-state index in [1.807, 2.05) is 14.0 Å². The van der Waals surface area contributed by atoms with E-state index >= 15 is 0 Å². The van der Waals surface area contributed by atoms with Crippen LogP contribution in [0.2, 0.25) is 10.0 Å². The Hall–Kier alpha value is -0.570. The molecule has 0 aromatic heterocycles. The molecule has 0 spiro atoms. The van der Waals surface area contributed by atoms with E-state index in [1.165, 1.54) is 0 Å². The van der Waals surface area contributed by atoms with Crippen LogP contribution in [0.25, 0.3) is 0 Å². The molecule has 0 bridgehead atoms. The molecule has 1 aromatic carbocycles. The molecule has 4 heteroatoms. The summed E-state index contributed by atoms with van der Waals surface area (Å²) < 4.78 is 0. The fourth-order valence-electron chi connectivity index (χ4n) is 2.08. The number of halogens is 2. The highest BCUT2D eigenvalue weighted by Gasteiger charge is 2.14. The molecule has 0 radical (unpaired) electrons. The lowest BCUT2D eigenvalue weighted by molar-refractivity contribution is 0.0987. The molecule has 0 fully saturated rings. The maximum absolute atomic E-state index is 11.9. The second kappa shape index (κ2) is 8.57. The Morgan fingerprint density at radius 1 is 1.21 bits per heavy atom. The molecule has 0 saturated heterocycles. The van der Waals surface area contributed by atoms with Crippen molar-refractivity contribution in [2.24, 2.45) is 0 Å². The second-order valence-electron chi connectivity index (χ2n) is 4.60. The molecule has 0 aliphatic rings. The summed E-state index contributed by atoms with van der Waals surface area (Å²) in [6, 6.07) is 3.46. The highest BCUT2D eigenvalue weighted by molar-refractivity contribution is 6.35. The first-order chi connectivity index (χ1) is 9.10. The van der Waals surface area contributed by atoms with Crippen LogP contribution in [0.4, 0.5) is 0 Å². The van der Waals surface area contributed by atoms with Gasteiger partial charge in [-0.25, -0.2) is 0 Å². The van der Waals surface area contributed by atoms with Gasteiger partial charge in [0.1, 0.15) is 0 Å². The molecule has 2 nitrogen and oxygen atoms in total. The molecule has 0 heterocycles. The largest absolute Gasteiger partial charge is 0.320 e. The summed E-state index contributed by atoms with van der Waals surface area (Å²) in [6.07, 6.45) is 4.61. The molecule has 0 amide bonds. The topological polar surface area (TPSA) is 29.1 Å². The number of rotatable bonds is 8.